The van der Waals surface area contributed by atoms with E-state index < -0.39 is 15.8 Å². The third-order valence-corrected chi connectivity index (χ3v) is 6.72. The molecular formula is C22H28FN3O4S. The van der Waals surface area contributed by atoms with Gasteiger partial charge in [-0.15, -0.1) is 0 Å². The highest BCUT2D eigenvalue weighted by atomic mass is 32.2. The predicted molar refractivity (Wildman–Crippen MR) is 115 cm³/mol. The highest BCUT2D eigenvalue weighted by molar-refractivity contribution is 7.89. The van der Waals surface area contributed by atoms with E-state index in [0.717, 1.165) is 50.2 Å². The zero-order valence-corrected chi connectivity index (χ0v) is 18.1. The molecule has 1 aliphatic heterocycles. The molecule has 0 unspecified atom stereocenters. The second-order valence-electron chi connectivity index (χ2n) is 7.70. The molecule has 3 N–H and O–H groups in total. The van der Waals surface area contributed by atoms with Gasteiger partial charge in [0.15, 0.2) is 0 Å². The smallest absolute Gasteiger partial charge is 0.240 e. The number of carbonyl (C=O) groups excluding carboxylic acids is 1. The summed E-state index contributed by atoms with van der Waals surface area (Å²) in [5.74, 6) is -0.782. The molecule has 31 heavy (non-hydrogen) atoms. The Hall–Kier alpha value is -2.33. The minimum Gasteiger partial charge on any atom is -0.393 e. The molecular weight excluding hydrogens is 421 g/mol. The largest absolute Gasteiger partial charge is 0.393 e. The van der Waals surface area contributed by atoms with Crippen LogP contribution in [-0.4, -0.2) is 50.1 Å². The molecule has 7 nitrogen and oxygen atoms in total. The first-order valence-corrected chi connectivity index (χ1v) is 11.8. The summed E-state index contributed by atoms with van der Waals surface area (Å²) in [6.07, 6.45) is 1.44. The number of carbonyl (C=O) groups is 1. The third-order valence-electron chi connectivity index (χ3n) is 5.24. The summed E-state index contributed by atoms with van der Waals surface area (Å²) in [5.41, 5.74) is 2.14. The minimum atomic E-state index is -3.77. The Balaban J connectivity index is 1.38. The average Bonchev–Trinajstić information content (AvgIpc) is 2.75. The third kappa shape index (κ3) is 7.39. The molecule has 0 atom stereocenters. The van der Waals surface area contributed by atoms with Crippen LogP contribution in [0.15, 0.2) is 53.4 Å². The predicted octanol–water partition coefficient (Wildman–Crippen LogP) is 1.77. The van der Waals surface area contributed by atoms with Gasteiger partial charge in [0.1, 0.15) is 5.82 Å². The first-order valence-electron chi connectivity index (χ1n) is 10.3. The van der Waals surface area contributed by atoms with Gasteiger partial charge in [-0.3, -0.25) is 9.69 Å². The van der Waals surface area contributed by atoms with Crippen LogP contribution in [-0.2, 0) is 27.9 Å². The quantitative estimate of drug-likeness (QED) is 0.542. The first-order chi connectivity index (χ1) is 14.8. The maximum Gasteiger partial charge on any atom is 0.240 e. The molecule has 0 aromatic heterocycles. The minimum absolute atomic E-state index is 0.000675. The molecule has 0 aliphatic carbocycles. The lowest BCUT2D eigenvalue weighted by atomic mass is 10.1. The Morgan fingerprint density at radius 1 is 1.03 bits per heavy atom. The lowest BCUT2D eigenvalue weighted by Crippen LogP contribution is -2.35. The fraction of sp³-hybridized carbons (Fsp3) is 0.409. The number of hydrogen-bond acceptors (Lipinski definition) is 5. The topological polar surface area (TPSA) is 98.7 Å². The van der Waals surface area contributed by atoms with Crippen molar-refractivity contribution >= 4 is 15.9 Å². The van der Waals surface area contributed by atoms with Crippen molar-refractivity contribution in [3.63, 3.8) is 0 Å². The first kappa shape index (κ1) is 23.3. The van der Waals surface area contributed by atoms with Gasteiger partial charge >= 0.3 is 0 Å². The van der Waals surface area contributed by atoms with Gasteiger partial charge in [-0.05, 0) is 48.2 Å². The number of nitrogens with zero attached hydrogens (tertiary/aromatic N) is 1. The van der Waals surface area contributed by atoms with Gasteiger partial charge in [-0.1, -0.05) is 24.3 Å². The average molecular weight is 450 g/mol. The lowest BCUT2D eigenvalue weighted by molar-refractivity contribution is -0.121. The van der Waals surface area contributed by atoms with E-state index in [1.165, 1.54) is 17.7 Å². The number of amides is 1. The van der Waals surface area contributed by atoms with E-state index in [0.29, 0.717) is 6.54 Å². The molecule has 9 heteroatoms. The lowest BCUT2D eigenvalue weighted by Gasteiger charge is -2.29. The Morgan fingerprint density at radius 2 is 1.65 bits per heavy atom. The molecule has 2 aromatic carbocycles. The van der Waals surface area contributed by atoms with Crippen molar-refractivity contribution in [2.24, 2.45) is 0 Å². The molecule has 1 fully saturated rings. The van der Waals surface area contributed by atoms with Crippen molar-refractivity contribution in [2.45, 2.75) is 43.4 Å². The Kier molecular flexibility index (Phi) is 8.14. The van der Waals surface area contributed by atoms with E-state index in [4.69, 9.17) is 0 Å². The highest BCUT2D eigenvalue weighted by Gasteiger charge is 2.17. The number of halogens is 1. The molecule has 1 heterocycles. The van der Waals surface area contributed by atoms with Crippen LogP contribution in [0.3, 0.4) is 0 Å². The van der Waals surface area contributed by atoms with Gasteiger partial charge in [0.25, 0.3) is 0 Å². The molecule has 0 saturated carbocycles. The number of nitrogens with one attached hydrogen (secondary N) is 2. The molecule has 3 rings (SSSR count). The maximum absolute atomic E-state index is 12.9. The fourth-order valence-electron chi connectivity index (χ4n) is 3.38. The van der Waals surface area contributed by atoms with Crippen LogP contribution in [0.4, 0.5) is 4.39 Å². The number of sulfonamides is 1. The molecule has 1 aliphatic rings. The molecule has 0 spiro atoms. The summed E-state index contributed by atoms with van der Waals surface area (Å²) < 4.78 is 39.5. The number of benzene rings is 2. The van der Waals surface area contributed by atoms with Crippen molar-refractivity contribution in [1.29, 1.82) is 0 Å². The van der Waals surface area contributed by atoms with Crippen LogP contribution >= 0.6 is 0 Å². The maximum atomic E-state index is 12.9. The summed E-state index contributed by atoms with van der Waals surface area (Å²) >= 11 is 0. The number of hydrogen-bond donors (Lipinski definition) is 3. The van der Waals surface area contributed by atoms with E-state index in [-0.39, 0.29) is 29.9 Å². The van der Waals surface area contributed by atoms with Gasteiger partial charge in [0.2, 0.25) is 15.9 Å². The van der Waals surface area contributed by atoms with Gasteiger partial charge < -0.3 is 10.4 Å². The SMILES string of the molecule is O=C(CCNS(=O)(=O)c1ccc(F)cc1)NCc1ccc(CN2CCC(O)CC2)cc1. The van der Waals surface area contributed by atoms with E-state index in [2.05, 4.69) is 14.9 Å². The standard InChI is InChI=1S/C22H28FN3O4S/c23-19-5-7-21(8-6-19)31(29,30)25-12-9-22(28)24-15-17-1-3-18(4-2-17)16-26-13-10-20(27)11-14-26/h1-8,20,25,27H,9-16H2,(H,24,28). The number of piperidine rings is 1. The van der Waals surface area contributed by atoms with Gasteiger partial charge in [0.05, 0.1) is 11.0 Å². The van der Waals surface area contributed by atoms with Crippen LogP contribution in [0.1, 0.15) is 30.4 Å². The van der Waals surface area contributed by atoms with Crippen LogP contribution in [0, 0.1) is 5.82 Å². The van der Waals surface area contributed by atoms with Crippen LogP contribution in [0.2, 0.25) is 0 Å². The second-order valence-corrected chi connectivity index (χ2v) is 9.47. The molecule has 0 radical (unpaired) electrons. The molecule has 168 valence electrons. The normalized spacial score (nSPS) is 15.7. The second kappa shape index (κ2) is 10.8. The van der Waals surface area contributed by atoms with Gasteiger partial charge in [-0.25, -0.2) is 17.5 Å². The summed E-state index contributed by atoms with van der Waals surface area (Å²) in [4.78, 5) is 14.3. The highest BCUT2D eigenvalue weighted by Crippen LogP contribution is 2.14. The zero-order chi connectivity index (χ0) is 22.3. The van der Waals surface area contributed by atoms with Crippen molar-refractivity contribution in [3.8, 4) is 0 Å². The number of likely N-dealkylation sites (tertiary alicyclic amines) is 1. The van der Waals surface area contributed by atoms with Crippen LogP contribution < -0.4 is 10.0 Å². The van der Waals surface area contributed by atoms with Crippen LogP contribution in [0.25, 0.3) is 0 Å². The van der Waals surface area contributed by atoms with E-state index in [1.54, 1.807) is 0 Å². The Labute approximate surface area is 182 Å². The number of rotatable bonds is 9. The van der Waals surface area contributed by atoms with Crippen molar-refractivity contribution in [1.82, 2.24) is 14.9 Å². The monoisotopic (exact) mass is 449 g/mol. The molecule has 1 amide bonds. The van der Waals surface area contributed by atoms with Gasteiger partial charge in [-0.2, -0.15) is 0 Å². The van der Waals surface area contributed by atoms with E-state index in [9.17, 15) is 22.7 Å². The molecule has 2 aromatic rings. The van der Waals surface area contributed by atoms with E-state index in [1.807, 2.05) is 24.3 Å². The summed E-state index contributed by atoms with van der Waals surface area (Å²) in [5, 5.41) is 12.4. The summed E-state index contributed by atoms with van der Waals surface area (Å²) in [6, 6.07) is 12.5. The van der Waals surface area contributed by atoms with Crippen molar-refractivity contribution < 1.29 is 22.7 Å². The zero-order valence-electron chi connectivity index (χ0n) is 17.3. The Morgan fingerprint density at radius 3 is 2.29 bits per heavy atom. The van der Waals surface area contributed by atoms with Gasteiger partial charge in [0, 0.05) is 39.1 Å². The van der Waals surface area contributed by atoms with Crippen LogP contribution in [0.5, 0.6) is 0 Å². The molecule has 0 bridgehead atoms. The Bertz CT molecular complexity index is 957. The van der Waals surface area contributed by atoms with Crippen molar-refractivity contribution in [2.75, 3.05) is 19.6 Å². The summed E-state index contributed by atoms with van der Waals surface area (Å²) in [6.45, 7) is 2.94. The number of aliphatic hydroxyl groups excluding tert-OH is 1. The fourth-order valence-corrected chi connectivity index (χ4v) is 4.42. The number of aliphatic hydroxyl groups is 1. The molecule has 1 saturated heterocycles. The van der Waals surface area contributed by atoms with E-state index >= 15 is 0 Å². The van der Waals surface area contributed by atoms with Crippen molar-refractivity contribution in [3.05, 3.63) is 65.5 Å². The summed E-state index contributed by atoms with van der Waals surface area (Å²) in [7, 11) is -3.77.